The molecule has 1 aromatic rings. The van der Waals surface area contributed by atoms with Crippen LogP contribution in [0.5, 0.6) is 0 Å². The third-order valence-electron chi connectivity index (χ3n) is 3.69. The molecule has 0 amide bonds. The minimum Gasteiger partial charge on any atom is -0.545 e. The molecule has 0 atom stereocenters. The first-order valence-corrected chi connectivity index (χ1v) is 8.93. The Morgan fingerprint density at radius 2 is 1.35 bits per heavy atom. The Balaban J connectivity index is 0.000000459. The van der Waals surface area contributed by atoms with E-state index in [1.165, 1.54) is 70.0 Å². The van der Waals surface area contributed by atoms with Crippen LogP contribution < -0.4 is 5.11 Å². The van der Waals surface area contributed by atoms with Gasteiger partial charge in [-0.2, -0.15) is 0 Å². The van der Waals surface area contributed by atoms with Gasteiger partial charge in [0.05, 0.1) is 33.7 Å². The van der Waals surface area contributed by atoms with Gasteiger partial charge in [-0.15, -0.1) is 0 Å². The van der Waals surface area contributed by atoms with Crippen LogP contribution in [0.1, 0.15) is 68.6 Å². The quantitative estimate of drug-likeness (QED) is 0.484. The van der Waals surface area contributed by atoms with Crippen LogP contribution in [0.15, 0.2) is 30.3 Å². The Kier molecular flexibility index (Phi) is 12.4. The number of hydrogen-bond donors (Lipinski definition) is 0. The number of aromatic carboxylic acids is 1. The summed E-state index contributed by atoms with van der Waals surface area (Å²) in [5, 5.41) is 10.1. The van der Waals surface area contributed by atoms with Gasteiger partial charge in [0, 0.05) is 0 Å². The SMILES string of the molecule is CCCCCCCCCC[N+](C)(C)C.O=C([O-])c1ccccc1. The fourth-order valence-corrected chi connectivity index (χ4v) is 2.29. The number of carboxylic acids is 1. The molecule has 132 valence electrons. The molecule has 0 saturated heterocycles. The average Bonchev–Trinajstić information content (AvgIpc) is 2.50. The molecular weight excluding hydrogens is 286 g/mol. The minimum absolute atomic E-state index is 0.220. The highest BCUT2D eigenvalue weighted by Gasteiger charge is 2.04. The number of carbonyl (C=O) groups excluding carboxylic acids is 1. The molecular formula is C20H35NO2. The molecule has 1 rings (SSSR count). The van der Waals surface area contributed by atoms with E-state index in [1.54, 1.807) is 18.2 Å². The lowest BCUT2D eigenvalue weighted by Crippen LogP contribution is -2.35. The lowest BCUT2D eigenvalue weighted by atomic mass is 10.1. The number of carbonyl (C=O) groups is 1. The average molecular weight is 322 g/mol. The zero-order chi connectivity index (χ0) is 17.6. The first-order valence-electron chi connectivity index (χ1n) is 8.93. The van der Waals surface area contributed by atoms with Gasteiger partial charge in [-0.25, -0.2) is 0 Å². The highest BCUT2D eigenvalue weighted by molar-refractivity contribution is 5.85. The standard InChI is InChI=1S/C13H30N.C7H6O2/c1-5-6-7-8-9-10-11-12-13-14(2,3)4;8-7(9)6-4-2-1-3-5-6/h5-13H2,1-4H3;1-5H,(H,8,9)/q+1;/p-1. The smallest absolute Gasteiger partial charge is 0.0780 e. The van der Waals surface area contributed by atoms with Crippen LogP contribution >= 0.6 is 0 Å². The van der Waals surface area contributed by atoms with Crippen LogP contribution in [-0.2, 0) is 0 Å². The molecule has 0 radical (unpaired) electrons. The molecule has 0 aliphatic rings. The summed E-state index contributed by atoms with van der Waals surface area (Å²) in [4.78, 5) is 10.1. The zero-order valence-electron chi connectivity index (χ0n) is 15.5. The van der Waals surface area contributed by atoms with Crippen molar-refractivity contribution in [2.45, 2.75) is 58.3 Å². The highest BCUT2D eigenvalue weighted by Crippen LogP contribution is 2.09. The maximum Gasteiger partial charge on any atom is 0.0780 e. The van der Waals surface area contributed by atoms with Crippen molar-refractivity contribution < 1.29 is 14.4 Å². The van der Waals surface area contributed by atoms with E-state index in [4.69, 9.17) is 0 Å². The van der Waals surface area contributed by atoms with Crippen molar-refractivity contribution in [2.24, 2.45) is 0 Å². The van der Waals surface area contributed by atoms with E-state index >= 15 is 0 Å². The van der Waals surface area contributed by atoms with E-state index in [0.29, 0.717) is 0 Å². The number of rotatable bonds is 10. The van der Waals surface area contributed by atoms with E-state index in [0.717, 1.165) is 4.48 Å². The van der Waals surface area contributed by atoms with Crippen molar-refractivity contribution in [3.8, 4) is 0 Å². The number of hydrogen-bond acceptors (Lipinski definition) is 2. The molecule has 0 spiro atoms. The Bertz CT molecular complexity index is 396. The summed E-state index contributed by atoms with van der Waals surface area (Å²) in [6.07, 6.45) is 11.4. The molecule has 23 heavy (non-hydrogen) atoms. The van der Waals surface area contributed by atoms with Gasteiger partial charge in [-0.3, -0.25) is 0 Å². The maximum absolute atomic E-state index is 10.1. The zero-order valence-corrected chi connectivity index (χ0v) is 15.5. The fraction of sp³-hybridized carbons (Fsp3) is 0.650. The van der Waals surface area contributed by atoms with Crippen LogP contribution in [0.25, 0.3) is 0 Å². The number of unbranched alkanes of at least 4 members (excludes halogenated alkanes) is 7. The normalized spacial score (nSPS) is 10.8. The molecule has 0 bridgehead atoms. The monoisotopic (exact) mass is 321 g/mol. The number of benzene rings is 1. The minimum atomic E-state index is -1.13. The van der Waals surface area contributed by atoms with Gasteiger partial charge in [-0.1, -0.05) is 75.8 Å². The summed E-state index contributed by atoms with van der Waals surface area (Å²) in [5.74, 6) is -1.13. The third kappa shape index (κ3) is 15.3. The molecule has 0 N–H and O–H groups in total. The summed E-state index contributed by atoms with van der Waals surface area (Å²) in [5.41, 5.74) is 0.220. The molecule has 0 unspecified atom stereocenters. The lowest BCUT2D eigenvalue weighted by Gasteiger charge is -2.23. The van der Waals surface area contributed by atoms with Crippen molar-refractivity contribution in [3.05, 3.63) is 35.9 Å². The van der Waals surface area contributed by atoms with Gasteiger partial charge in [0.1, 0.15) is 0 Å². The predicted octanol–water partition coefficient (Wildman–Crippen LogP) is 3.88. The van der Waals surface area contributed by atoms with Crippen LogP contribution in [0.2, 0.25) is 0 Å². The van der Waals surface area contributed by atoms with Gasteiger partial charge in [0.15, 0.2) is 0 Å². The molecule has 3 nitrogen and oxygen atoms in total. The van der Waals surface area contributed by atoms with Crippen molar-refractivity contribution in [3.63, 3.8) is 0 Å². The molecule has 1 aromatic carbocycles. The summed E-state index contributed by atoms with van der Waals surface area (Å²) >= 11 is 0. The van der Waals surface area contributed by atoms with Gasteiger partial charge >= 0.3 is 0 Å². The van der Waals surface area contributed by atoms with Gasteiger partial charge in [0.2, 0.25) is 0 Å². The van der Waals surface area contributed by atoms with Crippen LogP contribution in [-0.4, -0.2) is 38.1 Å². The van der Waals surface area contributed by atoms with E-state index in [-0.39, 0.29) is 5.56 Å². The maximum atomic E-state index is 10.1. The lowest BCUT2D eigenvalue weighted by molar-refractivity contribution is -0.870. The van der Waals surface area contributed by atoms with E-state index in [1.807, 2.05) is 0 Å². The second-order valence-corrected chi connectivity index (χ2v) is 7.14. The summed E-state index contributed by atoms with van der Waals surface area (Å²) in [7, 11) is 6.84. The Morgan fingerprint density at radius 3 is 1.74 bits per heavy atom. The highest BCUT2D eigenvalue weighted by atomic mass is 16.4. The van der Waals surface area contributed by atoms with Crippen LogP contribution in [0.4, 0.5) is 0 Å². The molecule has 0 aliphatic carbocycles. The number of quaternary nitrogens is 1. The van der Waals surface area contributed by atoms with E-state index < -0.39 is 5.97 Å². The molecule has 0 aliphatic heterocycles. The topological polar surface area (TPSA) is 40.1 Å². The Morgan fingerprint density at radius 1 is 0.870 bits per heavy atom. The van der Waals surface area contributed by atoms with Crippen molar-refractivity contribution in [1.82, 2.24) is 0 Å². The van der Waals surface area contributed by atoms with Gasteiger partial charge < -0.3 is 14.4 Å². The van der Waals surface area contributed by atoms with E-state index in [2.05, 4.69) is 28.1 Å². The predicted molar refractivity (Wildman–Crippen MR) is 96.3 cm³/mol. The third-order valence-corrected chi connectivity index (χ3v) is 3.69. The van der Waals surface area contributed by atoms with Gasteiger partial charge in [0.25, 0.3) is 0 Å². The number of nitrogens with zero attached hydrogens (tertiary/aromatic N) is 1. The molecule has 0 saturated carbocycles. The number of carboxylic acid groups (broad SMARTS) is 1. The molecule has 3 heteroatoms. The molecule has 0 fully saturated rings. The van der Waals surface area contributed by atoms with Gasteiger partial charge in [-0.05, 0) is 18.4 Å². The summed E-state index contributed by atoms with van der Waals surface area (Å²) < 4.78 is 1.12. The van der Waals surface area contributed by atoms with Crippen LogP contribution in [0, 0.1) is 0 Å². The van der Waals surface area contributed by atoms with Crippen LogP contribution in [0.3, 0.4) is 0 Å². The van der Waals surface area contributed by atoms with E-state index in [9.17, 15) is 9.90 Å². The molecule has 0 heterocycles. The summed E-state index contributed by atoms with van der Waals surface area (Å²) in [6, 6.07) is 8.06. The second-order valence-electron chi connectivity index (χ2n) is 7.14. The van der Waals surface area contributed by atoms with Crippen molar-refractivity contribution in [2.75, 3.05) is 27.7 Å². The van der Waals surface area contributed by atoms with Crippen molar-refractivity contribution >= 4 is 5.97 Å². The first-order chi connectivity index (χ1) is 10.9. The second kappa shape index (κ2) is 13.1. The largest absolute Gasteiger partial charge is 0.545 e. The first kappa shape index (κ1) is 21.6. The van der Waals surface area contributed by atoms with Crippen molar-refractivity contribution in [1.29, 1.82) is 0 Å². The Labute approximate surface area is 142 Å². The Hall–Kier alpha value is -1.35. The summed E-state index contributed by atoms with van der Waals surface area (Å²) in [6.45, 7) is 3.61. The fourth-order valence-electron chi connectivity index (χ4n) is 2.29. The molecule has 0 aromatic heterocycles.